The molecule has 0 spiro atoms. The Morgan fingerprint density at radius 2 is 2.03 bits per heavy atom. The first-order valence-corrected chi connectivity index (χ1v) is 13.5. The van der Waals surface area contributed by atoms with E-state index in [2.05, 4.69) is 38.4 Å². The van der Waals surface area contributed by atoms with E-state index in [4.69, 9.17) is 30.8 Å². The number of methoxy groups -OCH3 is 1. The average molecular weight is 540 g/mol. The number of hydrogen-bond acceptors (Lipinski definition) is 8. The van der Waals surface area contributed by atoms with Crippen molar-refractivity contribution in [3.63, 3.8) is 0 Å². The van der Waals surface area contributed by atoms with Gasteiger partial charge in [-0.2, -0.15) is 0 Å². The number of aryl methyl sites for hydroxylation is 1. The molecule has 0 saturated heterocycles. The predicted molar refractivity (Wildman–Crippen MR) is 147 cm³/mol. The number of hydrogen-bond donors (Lipinski definition) is 1. The molecule has 5 rings (SSSR count). The van der Waals surface area contributed by atoms with Crippen LogP contribution in [0.3, 0.4) is 0 Å². The third-order valence-corrected chi connectivity index (χ3v) is 7.85. The van der Waals surface area contributed by atoms with E-state index >= 15 is 0 Å². The number of aromatic nitrogens is 6. The van der Waals surface area contributed by atoms with Crippen molar-refractivity contribution in [1.29, 1.82) is 0 Å². The highest BCUT2D eigenvalue weighted by Crippen LogP contribution is 2.36. The Kier molecular flexibility index (Phi) is 7.80. The molecular formula is C27H34ClN7O3. The summed E-state index contributed by atoms with van der Waals surface area (Å²) < 4.78 is 12.5. The molecule has 10 nitrogen and oxygen atoms in total. The van der Waals surface area contributed by atoms with Crippen LogP contribution in [0.15, 0.2) is 33.8 Å². The number of nitrogens with one attached hydrogen (secondary N) is 1. The summed E-state index contributed by atoms with van der Waals surface area (Å²) in [7, 11) is 3.74. The highest BCUT2D eigenvalue weighted by Gasteiger charge is 2.25. The molecule has 4 aromatic heterocycles. The zero-order valence-corrected chi connectivity index (χ0v) is 23.0. The third kappa shape index (κ3) is 5.47. The maximum Gasteiger partial charge on any atom is 0.439 e. The van der Waals surface area contributed by atoms with Crippen LogP contribution in [0.5, 0.6) is 0 Å². The van der Waals surface area contributed by atoms with Crippen LogP contribution in [-0.4, -0.2) is 56.5 Å². The Bertz CT molecular complexity index is 1450. The fourth-order valence-electron chi connectivity index (χ4n) is 5.31. The van der Waals surface area contributed by atoms with Gasteiger partial charge >= 0.3 is 5.76 Å². The third-order valence-electron chi connectivity index (χ3n) is 7.65. The minimum atomic E-state index is -0.644. The van der Waals surface area contributed by atoms with Gasteiger partial charge in [-0.15, -0.1) is 0 Å². The van der Waals surface area contributed by atoms with Gasteiger partial charge in [0.1, 0.15) is 5.69 Å². The van der Waals surface area contributed by atoms with Crippen LogP contribution in [0.25, 0.3) is 33.8 Å². The van der Waals surface area contributed by atoms with E-state index in [1.54, 1.807) is 19.5 Å². The van der Waals surface area contributed by atoms with Crippen molar-refractivity contribution in [3.8, 4) is 22.8 Å². The molecule has 0 aliphatic heterocycles. The minimum absolute atomic E-state index is 0.0988. The molecule has 0 aromatic carbocycles. The highest BCUT2D eigenvalue weighted by molar-refractivity contribution is 6.30. The molecule has 1 saturated carbocycles. The summed E-state index contributed by atoms with van der Waals surface area (Å²) in [6, 6.07) is 3.77. The topological polar surface area (TPSA) is 115 Å². The number of rotatable bonds is 9. The first kappa shape index (κ1) is 26.4. The zero-order chi connectivity index (χ0) is 26.8. The SMILES string of the molecule is COCC(C)N(C)c1nc2cc(-c3noc(=O)[nH]3)nc(-c3cncc(Cl)c3)c2n1CCC1CCC(C)CC1. The molecule has 1 fully saturated rings. The monoisotopic (exact) mass is 539 g/mol. The van der Waals surface area contributed by atoms with Gasteiger partial charge < -0.3 is 14.2 Å². The Morgan fingerprint density at radius 1 is 1.24 bits per heavy atom. The van der Waals surface area contributed by atoms with Gasteiger partial charge in [-0.05, 0) is 37.3 Å². The van der Waals surface area contributed by atoms with Crippen LogP contribution in [0.4, 0.5) is 5.95 Å². The molecule has 38 heavy (non-hydrogen) atoms. The molecular weight excluding hydrogens is 506 g/mol. The van der Waals surface area contributed by atoms with Crippen molar-refractivity contribution in [1.82, 2.24) is 29.7 Å². The number of anilines is 1. The summed E-state index contributed by atoms with van der Waals surface area (Å²) in [6.07, 6.45) is 9.47. The van der Waals surface area contributed by atoms with Gasteiger partial charge in [-0.1, -0.05) is 49.4 Å². The van der Waals surface area contributed by atoms with Gasteiger partial charge in [-0.3, -0.25) is 14.5 Å². The Labute approximate surface area is 226 Å². The van der Waals surface area contributed by atoms with E-state index in [0.717, 1.165) is 41.4 Å². The number of halogens is 1. The van der Waals surface area contributed by atoms with E-state index in [-0.39, 0.29) is 11.9 Å². The van der Waals surface area contributed by atoms with Gasteiger partial charge in [0, 0.05) is 38.7 Å². The second-order valence-electron chi connectivity index (χ2n) is 10.5. The van der Waals surface area contributed by atoms with Crippen LogP contribution in [0.2, 0.25) is 5.02 Å². The maximum atomic E-state index is 11.7. The molecule has 1 N–H and O–H groups in total. The van der Waals surface area contributed by atoms with E-state index in [1.165, 1.54) is 25.7 Å². The summed E-state index contributed by atoms with van der Waals surface area (Å²) in [4.78, 5) is 30.7. The number of H-pyrrole nitrogens is 1. The van der Waals surface area contributed by atoms with Crippen LogP contribution in [-0.2, 0) is 11.3 Å². The van der Waals surface area contributed by atoms with Crippen molar-refractivity contribution >= 4 is 28.6 Å². The lowest BCUT2D eigenvalue weighted by molar-refractivity contribution is 0.182. The van der Waals surface area contributed by atoms with Crippen molar-refractivity contribution in [2.75, 3.05) is 25.7 Å². The summed E-state index contributed by atoms with van der Waals surface area (Å²) >= 11 is 6.34. The summed E-state index contributed by atoms with van der Waals surface area (Å²) in [5.41, 5.74) is 3.49. The van der Waals surface area contributed by atoms with Crippen LogP contribution >= 0.6 is 11.6 Å². The minimum Gasteiger partial charge on any atom is -0.383 e. The fraction of sp³-hybridized carbons (Fsp3) is 0.519. The van der Waals surface area contributed by atoms with Gasteiger partial charge in [0.2, 0.25) is 11.8 Å². The Balaban J connectivity index is 1.67. The number of fused-ring (bicyclic) bond motifs is 1. The highest BCUT2D eigenvalue weighted by atomic mass is 35.5. The smallest absolute Gasteiger partial charge is 0.383 e. The van der Waals surface area contributed by atoms with E-state index in [9.17, 15) is 4.79 Å². The van der Waals surface area contributed by atoms with Gasteiger partial charge in [0.15, 0.2) is 0 Å². The number of aromatic amines is 1. The molecule has 11 heteroatoms. The van der Waals surface area contributed by atoms with Crippen LogP contribution in [0, 0.1) is 11.8 Å². The van der Waals surface area contributed by atoms with Crippen LogP contribution in [0.1, 0.15) is 46.0 Å². The summed E-state index contributed by atoms with van der Waals surface area (Å²) in [6.45, 7) is 5.83. The molecule has 4 aromatic rings. The van der Waals surface area contributed by atoms with Crippen molar-refractivity contribution in [3.05, 3.63) is 40.1 Å². The van der Waals surface area contributed by atoms with E-state index in [0.29, 0.717) is 28.9 Å². The predicted octanol–water partition coefficient (Wildman–Crippen LogP) is 5.18. The van der Waals surface area contributed by atoms with Crippen molar-refractivity contribution in [2.24, 2.45) is 11.8 Å². The summed E-state index contributed by atoms with van der Waals surface area (Å²) in [5.74, 6) is 1.92. The zero-order valence-electron chi connectivity index (χ0n) is 22.3. The average Bonchev–Trinajstić information content (AvgIpc) is 3.51. The number of ether oxygens (including phenoxy) is 1. The van der Waals surface area contributed by atoms with Crippen molar-refractivity contribution < 1.29 is 9.26 Å². The normalized spacial score (nSPS) is 18.7. The van der Waals surface area contributed by atoms with Gasteiger partial charge in [0.25, 0.3) is 0 Å². The van der Waals surface area contributed by atoms with Gasteiger partial charge in [-0.25, -0.2) is 14.8 Å². The quantitative estimate of drug-likeness (QED) is 0.309. The Morgan fingerprint density at radius 3 is 2.71 bits per heavy atom. The molecule has 0 bridgehead atoms. The lowest BCUT2D eigenvalue weighted by atomic mass is 9.81. The molecule has 1 aliphatic carbocycles. The molecule has 0 radical (unpaired) electrons. The molecule has 1 aliphatic rings. The number of nitrogens with zero attached hydrogens (tertiary/aromatic N) is 6. The second-order valence-corrected chi connectivity index (χ2v) is 10.9. The first-order chi connectivity index (χ1) is 18.3. The number of imidazole rings is 1. The van der Waals surface area contributed by atoms with Crippen LogP contribution < -0.4 is 10.7 Å². The molecule has 0 amide bonds. The van der Waals surface area contributed by atoms with Gasteiger partial charge in [0.05, 0.1) is 34.4 Å². The lowest BCUT2D eigenvalue weighted by Gasteiger charge is -2.28. The lowest BCUT2D eigenvalue weighted by Crippen LogP contribution is -2.34. The molecule has 1 unspecified atom stereocenters. The van der Waals surface area contributed by atoms with Crippen molar-refractivity contribution in [2.45, 2.75) is 58.5 Å². The molecule has 4 heterocycles. The Hall–Kier alpha value is -3.24. The molecule has 1 atom stereocenters. The first-order valence-electron chi connectivity index (χ1n) is 13.1. The van der Waals surface area contributed by atoms with E-state index in [1.807, 2.05) is 19.2 Å². The number of pyridine rings is 2. The summed E-state index contributed by atoms with van der Waals surface area (Å²) in [5, 5.41) is 4.36. The van der Waals surface area contributed by atoms with E-state index < -0.39 is 5.76 Å². The molecule has 202 valence electrons. The fourth-order valence-corrected chi connectivity index (χ4v) is 5.48. The maximum absolute atomic E-state index is 11.7. The largest absolute Gasteiger partial charge is 0.439 e. The standard InChI is InChI=1S/C27H34ClN7O3/c1-16-5-7-18(8-6-16)9-10-35-24-21(31-26(35)34(3)17(2)15-37-4)12-22(25-32-27(36)38-33-25)30-23(24)19-11-20(28)14-29-13-19/h11-14,16-18H,5-10,15H2,1-4H3,(H,32,33,36). The second kappa shape index (κ2) is 11.2. The number of likely N-dealkylation sites (N-methyl/N-ethyl adjacent to an activating group) is 1.